The van der Waals surface area contributed by atoms with Gasteiger partial charge >= 0.3 is 12.1 Å². The average molecular weight is 879 g/mol. The van der Waals surface area contributed by atoms with Crippen molar-refractivity contribution in [2.45, 2.75) is 199 Å². The van der Waals surface area contributed by atoms with E-state index in [0.717, 1.165) is 56.9 Å². The Kier molecular flexibility index (Phi) is 18.7. The van der Waals surface area contributed by atoms with E-state index in [1.54, 1.807) is 34.6 Å². The second-order valence-corrected chi connectivity index (χ2v) is 19.6. The summed E-state index contributed by atoms with van der Waals surface area (Å²) < 4.78 is 11.0. The Balaban J connectivity index is 1.07. The van der Waals surface area contributed by atoms with Crippen LogP contribution < -0.4 is 31.9 Å². The van der Waals surface area contributed by atoms with Crippen molar-refractivity contribution in [3.8, 4) is 0 Å². The average Bonchev–Trinajstić information content (AvgIpc) is 3.23. The molecule has 350 valence electrons. The third-order valence-electron chi connectivity index (χ3n) is 13.1. The Hall–Kier alpha value is -4.69. The van der Waals surface area contributed by atoms with Crippen molar-refractivity contribution in [3.63, 3.8) is 0 Å². The fraction of sp³-hybridized carbons (Fsp3) is 0.729. The monoisotopic (exact) mass is 879 g/mol. The second-order valence-electron chi connectivity index (χ2n) is 19.6. The Morgan fingerprint density at radius 1 is 0.540 bits per heavy atom. The topological polar surface area (TPSA) is 210 Å². The summed E-state index contributed by atoms with van der Waals surface area (Å²) in [4.78, 5) is 93.1. The van der Waals surface area contributed by atoms with Crippen molar-refractivity contribution in [1.82, 2.24) is 31.9 Å². The third-order valence-corrected chi connectivity index (χ3v) is 13.1. The number of amides is 6. The molecule has 15 nitrogen and oxygen atoms in total. The molecule has 15 heteroatoms. The molecule has 10 atom stereocenters. The van der Waals surface area contributed by atoms with Crippen LogP contribution in [0, 0.1) is 23.7 Å². The van der Waals surface area contributed by atoms with Crippen LogP contribution >= 0.6 is 0 Å². The fourth-order valence-corrected chi connectivity index (χ4v) is 9.91. The van der Waals surface area contributed by atoms with Crippen LogP contribution in [0.2, 0.25) is 0 Å². The van der Waals surface area contributed by atoms with Gasteiger partial charge in [-0.25, -0.2) is 4.79 Å². The number of hydrogen-bond acceptors (Lipinski definition) is 9. The first-order chi connectivity index (χ1) is 30.1. The van der Waals surface area contributed by atoms with Crippen LogP contribution in [-0.2, 0) is 44.8 Å². The predicted octanol–water partition coefficient (Wildman–Crippen LogP) is 5.63. The molecule has 0 unspecified atom stereocenters. The summed E-state index contributed by atoms with van der Waals surface area (Å²) in [6, 6.07) is 7.13. The molecule has 1 aromatic rings. The van der Waals surface area contributed by atoms with Gasteiger partial charge < -0.3 is 41.4 Å². The largest absolute Gasteiger partial charge is 0.461 e. The maximum atomic E-state index is 13.9. The van der Waals surface area contributed by atoms with Gasteiger partial charge in [0.2, 0.25) is 29.5 Å². The van der Waals surface area contributed by atoms with Crippen LogP contribution in [-0.4, -0.2) is 83.5 Å². The molecule has 63 heavy (non-hydrogen) atoms. The molecule has 0 saturated heterocycles. The molecule has 0 aliphatic heterocycles. The van der Waals surface area contributed by atoms with Crippen LogP contribution in [0.25, 0.3) is 0 Å². The molecule has 5 rings (SSSR count). The maximum Gasteiger partial charge on any atom is 0.407 e. The van der Waals surface area contributed by atoms with Crippen molar-refractivity contribution in [1.29, 1.82) is 0 Å². The van der Waals surface area contributed by atoms with Crippen molar-refractivity contribution in [2.75, 3.05) is 0 Å². The molecule has 0 spiro atoms. The highest BCUT2D eigenvalue weighted by atomic mass is 16.6. The number of hydrogen-bond donors (Lipinski definition) is 6. The maximum absolute atomic E-state index is 13.9. The molecule has 0 radical (unpaired) electrons. The first-order valence-corrected chi connectivity index (χ1v) is 23.8. The minimum Gasteiger partial charge on any atom is -0.461 e. The normalized spacial score (nSPS) is 27.3. The number of benzene rings is 1. The molecule has 6 amide bonds. The standard InChI is InChI=1S/C48H74N6O9/c1-30(50-44(58)35-21-11-15-25-39(35)54-47(61)63-48(3,4)5)27-41(55)51-37-23-13-9-19-33(37)45(59)53-38-24-14-10-20-34(38)43(57)49-31(2)28-42(56)52-40-26-16-12-22-36(40)46(60)62-29-32-17-7-6-8-18-32/h6-8,17-18,30-31,33-40H,9-16,19-29H2,1-5H3,(H,49,57)(H,50,58)(H,51,55)(H,52,56)(H,53,59)(H,54,61)/t30-,31-,33-,34-,35-,36-,37-,38-,39-,40-/m0/s1. The van der Waals surface area contributed by atoms with Gasteiger partial charge in [-0.15, -0.1) is 0 Å². The molecule has 4 aliphatic carbocycles. The lowest BCUT2D eigenvalue weighted by Crippen LogP contribution is -2.55. The molecular weight excluding hydrogens is 805 g/mol. The van der Waals surface area contributed by atoms with Crippen LogP contribution in [0.5, 0.6) is 0 Å². The number of alkyl carbamates (subject to hydrolysis) is 1. The van der Waals surface area contributed by atoms with Crippen LogP contribution in [0.3, 0.4) is 0 Å². The molecule has 0 heterocycles. The zero-order valence-corrected chi connectivity index (χ0v) is 38.3. The van der Waals surface area contributed by atoms with E-state index < -0.39 is 47.4 Å². The summed E-state index contributed by atoms with van der Waals surface area (Å²) in [6.07, 6.45) is 11.7. The van der Waals surface area contributed by atoms with Crippen LogP contribution in [0.1, 0.15) is 156 Å². The molecule has 0 bridgehead atoms. The van der Waals surface area contributed by atoms with Crippen LogP contribution in [0.4, 0.5) is 4.79 Å². The van der Waals surface area contributed by atoms with Crippen molar-refractivity contribution >= 4 is 41.6 Å². The van der Waals surface area contributed by atoms with Gasteiger partial charge in [0, 0.05) is 49.1 Å². The summed E-state index contributed by atoms with van der Waals surface area (Å²) in [5.74, 6) is -3.16. The Morgan fingerprint density at radius 3 is 1.41 bits per heavy atom. The summed E-state index contributed by atoms with van der Waals surface area (Å²) in [6.45, 7) is 9.12. The van der Waals surface area contributed by atoms with Gasteiger partial charge in [-0.1, -0.05) is 81.7 Å². The van der Waals surface area contributed by atoms with Crippen molar-refractivity contribution in [2.24, 2.45) is 23.7 Å². The Bertz CT molecular complexity index is 1720. The van der Waals surface area contributed by atoms with Gasteiger partial charge in [-0.3, -0.25) is 28.8 Å². The summed E-state index contributed by atoms with van der Waals surface area (Å²) in [5, 5.41) is 18.2. The summed E-state index contributed by atoms with van der Waals surface area (Å²) >= 11 is 0. The van der Waals surface area contributed by atoms with Crippen molar-refractivity contribution in [3.05, 3.63) is 35.9 Å². The lowest BCUT2D eigenvalue weighted by molar-refractivity contribution is -0.152. The zero-order chi connectivity index (χ0) is 45.5. The number of ether oxygens (including phenoxy) is 2. The minimum atomic E-state index is -0.655. The van der Waals surface area contributed by atoms with Gasteiger partial charge in [0.25, 0.3) is 0 Å². The van der Waals surface area contributed by atoms with E-state index in [9.17, 15) is 33.6 Å². The molecular formula is C48H74N6O9. The van der Waals surface area contributed by atoms with E-state index in [0.29, 0.717) is 51.4 Å². The lowest BCUT2D eigenvalue weighted by atomic mass is 9.81. The molecule has 6 N–H and O–H groups in total. The number of carbonyl (C=O) groups is 7. The van der Waals surface area contributed by atoms with Crippen LogP contribution in [0.15, 0.2) is 30.3 Å². The number of rotatable bonds is 16. The van der Waals surface area contributed by atoms with E-state index in [2.05, 4.69) is 31.9 Å². The Morgan fingerprint density at radius 2 is 0.937 bits per heavy atom. The van der Waals surface area contributed by atoms with E-state index >= 15 is 0 Å². The zero-order valence-electron chi connectivity index (χ0n) is 38.3. The SMILES string of the molecule is C[C@@H](CC(=O)N[C@H]1CCCC[C@@H]1C(=O)N[C@H]1CCCC[C@@H]1C(=O)N[C@@H](C)CC(=O)N[C@H]1CCCC[C@@H]1C(=O)OCc1ccccc1)NC(=O)[C@H]1CCCC[C@@H]1NC(=O)OC(C)(C)C. The fourth-order valence-electron chi connectivity index (χ4n) is 9.91. The molecule has 4 saturated carbocycles. The number of carbonyl (C=O) groups excluding carboxylic acids is 7. The molecule has 0 aromatic heterocycles. The lowest BCUT2D eigenvalue weighted by Gasteiger charge is -2.36. The Labute approximate surface area is 373 Å². The highest BCUT2D eigenvalue weighted by Gasteiger charge is 2.39. The van der Waals surface area contributed by atoms with Gasteiger partial charge in [0.15, 0.2) is 0 Å². The highest BCUT2D eigenvalue weighted by molar-refractivity contribution is 5.86. The van der Waals surface area contributed by atoms with E-state index in [-0.39, 0.29) is 79.1 Å². The van der Waals surface area contributed by atoms with Gasteiger partial charge in [0.05, 0.1) is 23.7 Å². The highest BCUT2D eigenvalue weighted by Crippen LogP contribution is 2.30. The van der Waals surface area contributed by atoms with Gasteiger partial charge in [0.1, 0.15) is 12.2 Å². The van der Waals surface area contributed by atoms with Gasteiger partial charge in [-0.2, -0.15) is 0 Å². The van der Waals surface area contributed by atoms with E-state index in [1.807, 2.05) is 30.3 Å². The minimum absolute atomic E-state index is 0.0388. The van der Waals surface area contributed by atoms with Gasteiger partial charge in [-0.05, 0) is 91.5 Å². The predicted molar refractivity (Wildman–Crippen MR) is 237 cm³/mol. The summed E-state index contributed by atoms with van der Waals surface area (Å²) in [5.41, 5.74) is 0.249. The number of esters is 1. The van der Waals surface area contributed by atoms with Crippen molar-refractivity contribution < 1.29 is 43.0 Å². The van der Waals surface area contributed by atoms with E-state index in [4.69, 9.17) is 9.47 Å². The van der Waals surface area contributed by atoms with E-state index in [1.165, 1.54) is 0 Å². The molecule has 4 fully saturated rings. The summed E-state index contributed by atoms with van der Waals surface area (Å²) in [7, 11) is 0. The smallest absolute Gasteiger partial charge is 0.407 e. The second kappa shape index (κ2) is 23.8. The quantitative estimate of drug-likeness (QED) is 0.114. The molecule has 4 aliphatic rings. The third kappa shape index (κ3) is 15.8. The first kappa shape index (κ1) is 49.3. The molecule has 1 aromatic carbocycles. The first-order valence-electron chi connectivity index (χ1n) is 23.8. The number of nitrogens with one attached hydrogen (secondary N) is 6.